The van der Waals surface area contributed by atoms with Gasteiger partial charge in [-0.1, -0.05) is 26.0 Å². The first-order chi connectivity index (χ1) is 8.25. The van der Waals surface area contributed by atoms with Gasteiger partial charge in [-0.05, 0) is 35.7 Å². The summed E-state index contributed by atoms with van der Waals surface area (Å²) in [4.78, 5) is 0. The number of rotatable bonds is 5. The predicted octanol–water partition coefficient (Wildman–Crippen LogP) is 3.69. The van der Waals surface area contributed by atoms with Crippen LogP contribution in [0, 0.1) is 0 Å². The molecule has 1 aromatic heterocycles. The summed E-state index contributed by atoms with van der Waals surface area (Å²) in [6.45, 7) is 5.98. The first-order valence-electron chi connectivity index (χ1n) is 6.09. The van der Waals surface area contributed by atoms with Crippen molar-refractivity contribution in [3.63, 3.8) is 0 Å². The summed E-state index contributed by atoms with van der Waals surface area (Å²) in [6, 6.07) is 12.4. The highest BCUT2D eigenvalue weighted by molar-refractivity contribution is 5.28. The molecular formula is C15H19NO. The van der Waals surface area contributed by atoms with Crippen molar-refractivity contribution in [2.24, 2.45) is 0 Å². The Morgan fingerprint density at radius 3 is 2.29 bits per heavy atom. The highest BCUT2D eigenvalue weighted by Crippen LogP contribution is 2.18. The van der Waals surface area contributed by atoms with E-state index in [1.54, 1.807) is 0 Å². The minimum atomic E-state index is 0.573. The van der Waals surface area contributed by atoms with E-state index in [2.05, 4.69) is 30.5 Å². The standard InChI is InChI=1S/C15H19NO/c1-13(2)14-5-7-15(8-6-14)17-12-11-16-9-3-4-10-16/h3-10,13H,11-12H2,1-2H3. The maximum atomic E-state index is 5.69. The van der Waals surface area contributed by atoms with Crippen LogP contribution in [-0.4, -0.2) is 11.2 Å². The Hall–Kier alpha value is -1.70. The zero-order chi connectivity index (χ0) is 12.1. The molecule has 0 fully saturated rings. The van der Waals surface area contributed by atoms with Crippen molar-refractivity contribution in [3.05, 3.63) is 54.4 Å². The van der Waals surface area contributed by atoms with Crippen molar-refractivity contribution in [1.29, 1.82) is 0 Å². The van der Waals surface area contributed by atoms with Crippen LogP contribution in [0.15, 0.2) is 48.8 Å². The van der Waals surface area contributed by atoms with E-state index in [9.17, 15) is 0 Å². The fraction of sp³-hybridized carbons (Fsp3) is 0.333. The average molecular weight is 229 g/mol. The van der Waals surface area contributed by atoms with E-state index in [1.165, 1.54) is 5.56 Å². The molecule has 0 saturated heterocycles. The lowest BCUT2D eigenvalue weighted by molar-refractivity contribution is 0.298. The third-order valence-corrected chi connectivity index (χ3v) is 2.83. The maximum Gasteiger partial charge on any atom is 0.119 e. The molecule has 0 radical (unpaired) electrons. The second-order valence-corrected chi connectivity index (χ2v) is 4.49. The smallest absolute Gasteiger partial charge is 0.119 e. The Morgan fingerprint density at radius 1 is 1.06 bits per heavy atom. The molecule has 2 rings (SSSR count). The van der Waals surface area contributed by atoms with Crippen LogP contribution in [0.4, 0.5) is 0 Å². The topological polar surface area (TPSA) is 14.2 Å². The molecule has 0 unspecified atom stereocenters. The van der Waals surface area contributed by atoms with Crippen LogP contribution in [0.2, 0.25) is 0 Å². The van der Waals surface area contributed by atoms with Gasteiger partial charge >= 0.3 is 0 Å². The van der Waals surface area contributed by atoms with E-state index in [0.717, 1.165) is 12.3 Å². The van der Waals surface area contributed by atoms with Gasteiger partial charge in [0.05, 0.1) is 6.54 Å². The second-order valence-electron chi connectivity index (χ2n) is 4.49. The predicted molar refractivity (Wildman–Crippen MR) is 70.5 cm³/mol. The molecule has 0 bridgehead atoms. The van der Waals surface area contributed by atoms with Crippen molar-refractivity contribution in [1.82, 2.24) is 4.57 Å². The van der Waals surface area contributed by atoms with Crippen LogP contribution in [0.1, 0.15) is 25.3 Å². The van der Waals surface area contributed by atoms with Crippen LogP contribution >= 0.6 is 0 Å². The van der Waals surface area contributed by atoms with Crippen molar-refractivity contribution in [2.75, 3.05) is 6.61 Å². The molecule has 2 heteroatoms. The fourth-order valence-electron chi connectivity index (χ4n) is 1.74. The van der Waals surface area contributed by atoms with Crippen LogP contribution in [0.3, 0.4) is 0 Å². The molecule has 0 aliphatic heterocycles. The Morgan fingerprint density at radius 2 is 1.71 bits per heavy atom. The summed E-state index contributed by atoms with van der Waals surface area (Å²) in [5, 5.41) is 0. The fourth-order valence-corrected chi connectivity index (χ4v) is 1.74. The molecule has 17 heavy (non-hydrogen) atoms. The second kappa shape index (κ2) is 5.58. The van der Waals surface area contributed by atoms with Crippen molar-refractivity contribution in [3.8, 4) is 5.75 Å². The highest BCUT2D eigenvalue weighted by Gasteiger charge is 1.99. The average Bonchev–Trinajstić information content (AvgIpc) is 2.83. The molecule has 2 nitrogen and oxygen atoms in total. The Balaban J connectivity index is 1.83. The van der Waals surface area contributed by atoms with Gasteiger partial charge in [0, 0.05) is 12.4 Å². The lowest BCUT2D eigenvalue weighted by Gasteiger charge is -2.09. The van der Waals surface area contributed by atoms with Gasteiger partial charge in [-0.3, -0.25) is 0 Å². The first-order valence-corrected chi connectivity index (χ1v) is 6.09. The lowest BCUT2D eigenvalue weighted by atomic mass is 10.0. The number of hydrogen-bond acceptors (Lipinski definition) is 1. The van der Waals surface area contributed by atoms with Crippen LogP contribution < -0.4 is 4.74 Å². The van der Waals surface area contributed by atoms with Crippen molar-refractivity contribution >= 4 is 0 Å². The molecule has 0 amide bonds. The van der Waals surface area contributed by atoms with Gasteiger partial charge in [0.2, 0.25) is 0 Å². The highest BCUT2D eigenvalue weighted by atomic mass is 16.5. The Labute approximate surface area is 103 Å². The summed E-state index contributed by atoms with van der Waals surface area (Å²) in [7, 11) is 0. The number of hydrogen-bond donors (Lipinski definition) is 0. The molecule has 0 aliphatic carbocycles. The molecule has 2 aromatic rings. The lowest BCUT2D eigenvalue weighted by Crippen LogP contribution is -2.06. The Kier molecular flexibility index (Phi) is 3.86. The molecule has 1 aromatic carbocycles. The maximum absolute atomic E-state index is 5.69. The number of aromatic nitrogens is 1. The molecule has 90 valence electrons. The molecule has 0 atom stereocenters. The van der Waals surface area contributed by atoms with Gasteiger partial charge in [-0.2, -0.15) is 0 Å². The Bertz CT molecular complexity index is 428. The normalized spacial score (nSPS) is 10.8. The SMILES string of the molecule is CC(C)c1ccc(OCCn2cccc2)cc1. The number of benzene rings is 1. The summed E-state index contributed by atoms with van der Waals surface area (Å²) < 4.78 is 7.81. The quantitative estimate of drug-likeness (QED) is 0.762. The van der Waals surface area contributed by atoms with E-state index in [4.69, 9.17) is 4.74 Å². The van der Waals surface area contributed by atoms with E-state index in [1.807, 2.05) is 36.7 Å². The third-order valence-electron chi connectivity index (χ3n) is 2.83. The summed E-state index contributed by atoms with van der Waals surface area (Å²) in [6.07, 6.45) is 4.09. The molecule has 0 N–H and O–H groups in total. The first kappa shape index (κ1) is 11.8. The van der Waals surface area contributed by atoms with Gasteiger partial charge in [-0.25, -0.2) is 0 Å². The van der Waals surface area contributed by atoms with Crippen LogP contribution in [0.5, 0.6) is 5.75 Å². The van der Waals surface area contributed by atoms with Crippen molar-refractivity contribution in [2.45, 2.75) is 26.3 Å². The van der Waals surface area contributed by atoms with Gasteiger partial charge in [0.15, 0.2) is 0 Å². The monoisotopic (exact) mass is 229 g/mol. The van der Waals surface area contributed by atoms with E-state index in [0.29, 0.717) is 12.5 Å². The minimum Gasteiger partial charge on any atom is -0.492 e. The van der Waals surface area contributed by atoms with Gasteiger partial charge in [0.1, 0.15) is 12.4 Å². The zero-order valence-electron chi connectivity index (χ0n) is 10.5. The molecule has 0 aliphatic rings. The summed E-state index contributed by atoms with van der Waals surface area (Å²) in [5.74, 6) is 1.52. The third kappa shape index (κ3) is 3.38. The number of nitrogens with zero attached hydrogens (tertiary/aromatic N) is 1. The van der Waals surface area contributed by atoms with E-state index >= 15 is 0 Å². The van der Waals surface area contributed by atoms with Crippen molar-refractivity contribution < 1.29 is 4.74 Å². The number of ether oxygens (including phenoxy) is 1. The van der Waals surface area contributed by atoms with Gasteiger partial charge in [0.25, 0.3) is 0 Å². The summed E-state index contributed by atoms with van der Waals surface area (Å²) >= 11 is 0. The molecule has 0 spiro atoms. The zero-order valence-corrected chi connectivity index (χ0v) is 10.5. The molecule has 0 saturated carbocycles. The molecule has 1 heterocycles. The summed E-state index contributed by atoms with van der Waals surface area (Å²) in [5.41, 5.74) is 1.35. The largest absolute Gasteiger partial charge is 0.492 e. The van der Waals surface area contributed by atoms with E-state index < -0.39 is 0 Å². The minimum absolute atomic E-state index is 0.573. The van der Waals surface area contributed by atoms with Crippen LogP contribution in [-0.2, 0) is 6.54 Å². The van der Waals surface area contributed by atoms with Gasteiger partial charge < -0.3 is 9.30 Å². The van der Waals surface area contributed by atoms with Gasteiger partial charge in [-0.15, -0.1) is 0 Å². The molecular weight excluding hydrogens is 210 g/mol. The van der Waals surface area contributed by atoms with Crippen LogP contribution in [0.25, 0.3) is 0 Å². The van der Waals surface area contributed by atoms with E-state index in [-0.39, 0.29) is 0 Å².